The first-order valence-electron chi connectivity index (χ1n) is 6.84. The summed E-state index contributed by atoms with van der Waals surface area (Å²) in [5, 5.41) is 1.33. The van der Waals surface area contributed by atoms with E-state index in [-0.39, 0.29) is 0 Å². The van der Waals surface area contributed by atoms with Gasteiger partial charge in [-0.1, -0.05) is 6.07 Å². The SMILES string of the molecule is Cc1cc2c(N3CCCCC3CN)cccc2[nH]1. The Bertz CT molecular complexity index is 544. The van der Waals surface area contributed by atoms with Crippen LogP contribution in [0, 0.1) is 6.92 Å². The van der Waals surface area contributed by atoms with Crippen LogP contribution in [-0.4, -0.2) is 24.1 Å². The third-order valence-corrected chi connectivity index (χ3v) is 3.98. The van der Waals surface area contributed by atoms with E-state index in [2.05, 4.69) is 41.1 Å². The van der Waals surface area contributed by atoms with Crippen molar-refractivity contribution in [3.63, 3.8) is 0 Å². The van der Waals surface area contributed by atoms with Gasteiger partial charge in [0, 0.05) is 41.4 Å². The van der Waals surface area contributed by atoms with Gasteiger partial charge in [0.25, 0.3) is 0 Å². The molecule has 18 heavy (non-hydrogen) atoms. The number of nitrogens with zero attached hydrogens (tertiary/aromatic N) is 1. The van der Waals surface area contributed by atoms with Crippen molar-refractivity contribution in [3.05, 3.63) is 30.0 Å². The monoisotopic (exact) mass is 243 g/mol. The van der Waals surface area contributed by atoms with Gasteiger partial charge in [-0.3, -0.25) is 0 Å². The lowest BCUT2D eigenvalue weighted by Crippen LogP contribution is -2.44. The summed E-state index contributed by atoms with van der Waals surface area (Å²) in [5.41, 5.74) is 9.72. The van der Waals surface area contributed by atoms with Gasteiger partial charge in [-0.25, -0.2) is 0 Å². The molecule has 2 heterocycles. The lowest BCUT2D eigenvalue weighted by atomic mass is 10.0. The number of rotatable bonds is 2. The lowest BCUT2D eigenvalue weighted by molar-refractivity contribution is 0.466. The highest BCUT2D eigenvalue weighted by atomic mass is 15.2. The number of aromatic amines is 1. The first-order chi connectivity index (χ1) is 8.79. The third kappa shape index (κ3) is 1.89. The molecule has 0 aliphatic carbocycles. The second-order valence-electron chi connectivity index (χ2n) is 5.27. The summed E-state index contributed by atoms with van der Waals surface area (Å²) in [6.07, 6.45) is 3.80. The number of nitrogens with one attached hydrogen (secondary N) is 1. The zero-order valence-electron chi connectivity index (χ0n) is 10.9. The van der Waals surface area contributed by atoms with Crippen molar-refractivity contribution < 1.29 is 0 Å². The minimum Gasteiger partial charge on any atom is -0.367 e. The van der Waals surface area contributed by atoms with E-state index in [9.17, 15) is 0 Å². The quantitative estimate of drug-likeness (QED) is 0.852. The number of hydrogen-bond donors (Lipinski definition) is 2. The summed E-state index contributed by atoms with van der Waals surface area (Å²) in [7, 11) is 0. The first-order valence-corrected chi connectivity index (χ1v) is 6.84. The van der Waals surface area contributed by atoms with Crippen LogP contribution in [0.3, 0.4) is 0 Å². The van der Waals surface area contributed by atoms with Crippen LogP contribution in [-0.2, 0) is 0 Å². The van der Waals surface area contributed by atoms with Gasteiger partial charge in [-0.15, -0.1) is 0 Å². The number of nitrogens with two attached hydrogens (primary N) is 1. The average Bonchev–Trinajstić information content (AvgIpc) is 2.78. The zero-order valence-corrected chi connectivity index (χ0v) is 10.9. The van der Waals surface area contributed by atoms with Crippen LogP contribution in [0.15, 0.2) is 24.3 Å². The molecule has 0 saturated carbocycles. The highest BCUT2D eigenvalue weighted by Gasteiger charge is 2.22. The molecular formula is C15H21N3. The molecule has 1 aromatic heterocycles. The minimum atomic E-state index is 0.500. The maximum atomic E-state index is 5.93. The third-order valence-electron chi connectivity index (χ3n) is 3.98. The van der Waals surface area contributed by atoms with Crippen LogP contribution in [0.25, 0.3) is 10.9 Å². The predicted octanol–water partition coefficient (Wildman–Crippen LogP) is 2.79. The van der Waals surface area contributed by atoms with Crippen molar-refractivity contribution in [1.82, 2.24) is 4.98 Å². The van der Waals surface area contributed by atoms with Crippen LogP contribution in [0.4, 0.5) is 5.69 Å². The van der Waals surface area contributed by atoms with Crippen LogP contribution < -0.4 is 10.6 Å². The molecule has 0 bridgehead atoms. The second kappa shape index (κ2) is 4.65. The van der Waals surface area contributed by atoms with E-state index < -0.39 is 0 Å². The molecule has 96 valence electrons. The summed E-state index contributed by atoms with van der Waals surface area (Å²) < 4.78 is 0. The number of aryl methyl sites for hydroxylation is 1. The summed E-state index contributed by atoms with van der Waals surface area (Å²) in [4.78, 5) is 5.91. The Labute approximate surface area is 108 Å². The van der Waals surface area contributed by atoms with Crippen LogP contribution in [0.5, 0.6) is 0 Å². The number of aromatic nitrogens is 1. The number of piperidine rings is 1. The fourth-order valence-electron chi connectivity index (χ4n) is 3.09. The fraction of sp³-hybridized carbons (Fsp3) is 0.467. The molecule has 1 atom stereocenters. The van der Waals surface area contributed by atoms with Crippen LogP contribution in [0.1, 0.15) is 25.0 Å². The smallest absolute Gasteiger partial charge is 0.0477 e. The Hall–Kier alpha value is -1.48. The van der Waals surface area contributed by atoms with Crippen LogP contribution in [0.2, 0.25) is 0 Å². The Kier molecular flexibility index (Phi) is 3.00. The predicted molar refractivity (Wildman–Crippen MR) is 77.1 cm³/mol. The largest absolute Gasteiger partial charge is 0.367 e. The van der Waals surface area contributed by atoms with Gasteiger partial charge in [0.15, 0.2) is 0 Å². The van der Waals surface area contributed by atoms with Gasteiger partial charge >= 0.3 is 0 Å². The fourth-order valence-corrected chi connectivity index (χ4v) is 3.09. The van der Waals surface area contributed by atoms with Gasteiger partial charge in [0.05, 0.1) is 0 Å². The maximum absolute atomic E-state index is 5.93. The van der Waals surface area contributed by atoms with E-state index in [1.165, 1.54) is 41.5 Å². The van der Waals surface area contributed by atoms with Crippen molar-refractivity contribution in [2.45, 2.75) is 32.2 Å². The Morgan fingerprint density at radius 2 is 2.28 bits per heavy atom. The van der Waals surface area contributed by atoms with Gasteiger partial charge < -0.3 is 15.6 Å². The normalized spacial score (nSPS) is 20.6. The summed E-state index contributed by atoms with van der Waals surface area (Å²) in [6, 6.07) is 9.25. The number of fused-ring (bicyclic) bond motifs is 1. The molecule has 0 amide bonds. The second-order valence-corrected chi connectivity index (χ2v) is 5.27. The summed E-state index contributed by atoms with van der Waals surface area (Å²) in [6.45, 7) is 3.99. The Balaban J connectivity index is 2.06. The molecule has 3 N–H and O–H groups in total. The maximum Gasteiger partial charge on any atom is 0.0477 e. The molecule has 3 rings (SSSR count). The van der Waals surface area contributed by atoms with Crippen molar-refractivity contribution in [2.24, 2.45) is 5.73 Å². The van der Waals surface area contributed by atoms with Crippen molar-refractivity contribution in [3.8, 4) is 0 Å². The van der Waals surface area contributed by atoms with Crippen molar-refractivity contribution >= 4 is 16.6 Å². The molecule has 2 aromatic rings. The molecular weight excluding hydrogens is 222 g/mol. The number of H-pyrrole nitrogens is 1. The number of benzene rings is 1. The summed E-state index contributed by atoms with van der Waals surface area (Å²) in [5.74, 6) is 0. The van der Waals surface area contributed by atoms with Crippen molar-refractivity contribution in [1.29, 1.82) is 0 Å². The number of anilines is 1. The Morgan fingerprint density at radius 1 is 1.39 bits per heavy atom. The van der Waals surface area contributed by atoms with E-state index in [0.717, 1.165) is 13.1 Å². The molecule has 1 fully saturated rings. The van der Waals surface area contributed by atoms with E-state index >= 15 is 0 Å². The van der Waals surface area contributed by atoms with E-state index in [1.54, 1.807) is 0 Å². The first kappa shape index (κ1) is 11.6. The highest BCUT2D eigenvalue weighted by molar-refractivity contribution is 5.93. The molecule has 1 aliphatic heterocycles. The average molecular weight is 243 g/mol. The molecule has 3 heteroatoms. The van der Waals surface area contributed by atoms with Crippen LogP contribution >= 0.6 is 0 Å². The highest BCUT2D eigenvalue weighted by Crippen LogP contribution is 2.31. The molecule has 1 aromatic carbocycles. The molecule has 1 saturated heterocycles. The van der Waals surface area contributed by atoms with Gasteiger partial charge in [-0.2, -0.15) is 0 Å². The van der Waals surface area contributed by atoms with E-state index in [0.29, 0.717) is 6.04 Å². The summed E-state index contributed by atoms with van der Waals surface area (Å²) >= 11 is 0. The number of hydrogen-bond acceptors (Lipinski definition) is 2. The van der Waals surface area contributed by atoms with Crippen molar-refractivity contribution in [2.75, 3.05) is 18.0 Å². The lowest BCUT2D eigenvalue weighted by Gasteiger charge is -2.37. The topological polar surface area (TPSA) is 45.0 Å². The van der Waals surface area contributed by atoms with E-state index in [4.69, 9.17) is 5.73 Å². The van der Waals surface area contributed by atoms with Gasteiger partial charge in [0.2, 0.25) is 0 Å². The Morgan fingerprint density at radius 3 is 3.11 bits per heavy atom. The molecule has 3 nitrogen and oxygen atoms in total. The van der Waals surface area contributed by atoms with Gasteiger partial charge in [0.1, 0.15) is 0 Å². The molecule has 1 unspecified atom stereocenters. The molecule has 0 spiro atoms. The van der Waals surface area contributed by atoms with E-state index in [1.807, 2.05) is 0 Å². The minimum absolute atomic E-state index is 0.500. The zero-order chi connectivity index (χ0) is 12.5. The molecule has 0 radical (unpaired) electrons. The molecule has 1 aliphatic rings. The standard InChI is InChI=1S/C15H21N3/c1-11-9-13-14(17-11)6-4-7-15(13)18-8-3-2-5-12(18)10-16/h4,6-7,9,12,17H,2-3,5,8,10,16H2,1H3. The van der Waals surface area contributed by atoms with Gasteiger partial charge in [-0.05, 0) is 44.4 Å².